The van der Waals surface area contributed by atoms with E-state index in [2.05, 4.69) is 9.80 Å². The largest absolute Gasteiger partial charge is 0.379 e. The number of amides is 1. The number of carbonyl (C=O) groups excluding carboxylic acids is 1. The molecule has 1 spiro atoms. The Kier molecular flexibility index (Phi) is 3.96. The van der Waals surface area contributed by atoms with Gasteiger partial charge in [-0.1, -0.05) is 6.07 Å². The quantitative estimate of drug-likeness (QED) is 0.839. The van der Waals surface area contributed by atoms with E-state index in [1.54, 1.807) is 11.3 Å². The fraction of sp³-hybridized carbons (Fsp3) is 0.706. The van der Waals surface area contributed by atoms with E-state index in [9.17, 15) is 4.79 Å². The minimum Gasteiger partial charge on any atom is -0.379 e. The first-order valence-corrected chi connectivity index (χ1v) is 9.31. The molecule has 1 atom stereocenters. The van der Waals surface area contributed by atoms with Crippen molar-refractivity contribution in [1.82, 2.24) is 9.80 Å². The lowest BCUT2D eigenvalue weighted by Crippen LogP contribution is -2.61. The summed E-state index contributed by atoms with van der Waals surface area (Å²) in [4.78, 5) is 18.1. The van der Waals surface area contributed by atoms with Crippen LogP contribution in [0.1, 0.15) is 35.4 Å². The van der Waals surface area contributed by atoms with Gasteiger partial charge in [0.15, 0.2) is 0 Å². The highest BCUT2D eigenvalue weighted by atomic mass is 32.1. The van der Waals surface area contributed by atoms with E-state index in [1.165, 1.54) is 25.7 Å². The summed E-state index contributed by atoms with van der Waals surface area (Å²) in [5, 5.41) is 1.99. The van der Waals surface area contributed by atoms with E-state index in [0.717, 1.165) is 50.3 Å². The van der Waals surface area contributed by atoms with E-state index in [-0.39, 0.29) is 5.91 Å². The van der Waals surface area contributed by atoms with Crippen molar-refractivity contribution < 1.29 is 9.53 Å². The van der Waals surface area contributed by atoms with Crippen molar-refractivity contribution in [2.75, 3.05) is 39.4 Å². The fourth-order valence-corrected chi connectivity index (χ4v) is 5.13. The molecule has 0 aromatic carbocycles. The Balaban J connectivity index is 1.38. The Morgan fingerprint density at radius 1 is 1.18 bits per heavy atom. The number of likely N-dealkylation sites (tertiary alicyclic amines) is 1. The lowest BCUT2D eigenvalue weighted by Gasteiger charge is -2.58. The third-order valence-corrected chi connectivity index (χ3v) is 6.75. The summed E-state index contributed by atoms with van der Waals surface area (Å²) in [6.07, 6.45) is 5.02. The Labute approximate surface area is 136 Å². The molecule has 5 heteroatoms. The van der Waals surface area contributed by atoms with Crippen LogP contribution in [0.4, 0.5) is 0 Å². The topological polar surface area (TPSA) is 32.8 Å². The number of thiophene rings is 1. The Morgan fingerprint density at radius 3 is 2.55 bits per heavy atom. The zero-order valence-electron chi connectivity index (χ0n) is 13.0. The van der Waals surface area contributed by atoms with E-state index >= 15 is 0 Å². The number of ether oxygens (including phenoxy) is 1. The molecule has 3 heterocycles. The van der Waals surface area contributed by atoms with Gasteiger partial charge in [0, 0.05) is 32.2 Å². The van der Waals surface area contributed by atoms with Crippen LogP contribution in [-0.2, 0) is 4.74 Å². The van der Waals surface area contributed by atoms with E-state index < -0.39 is 0 Å². The van der Waals surface area contributed by atoms with Crippen molar-refractivity contribution in [2.24, 2.45) is 5.41 Å². The zero-order valence-corrected chi connectivity index (χ0v) is 13.8. The Hall–Kier alpha value is -0.910. The normalized spacial score (nSPS) is 28.5. The second-order valence-corrected chi connectivity index (χ2v) is 7.78. The van der Waals surface area contributed by atoms with Crippen LogP contribution in [0, 0.1) is 5.41 Å². The predicted octanol–water partition coefficient (Wildman–Crippen LogP) is 2.47. The Morgan fingerprint density at radius 2 is 1.95 bits per heavy atom. The van der Waals surface area contributed by atoms with Crippen LogP contribution in [-0.4, -0.2) is 61.1 Å². The minimum atomic E-state index is 0.229. The number of nitrogens with zero attached hydrogens (tertiary/aromatic N) is 2. The van der Waals surface area contributed by atoms with Gasteiger partial charge in [0.2, 0.25) is 0 Å². The molecule has 0 radical (unpaired) electrons. The molecule has 1 aliphatic carbocycles. The van der Waals surface area contributed by atoms with E-state index in [4.69, 9.17) is 4.74 Å². The Bertz CT molecular complexity index is 517. The number of hydrogen-bond acceptors (Lipinski definition) is 4. The monoisotopic (exact) mass is 320 g/mol. The summed E-state index contributed by atoms with van der Waals surface area (Å²) in [7, 11) is 0. The number of hydrogen-bond donors (Lipinski definition) is 0. The average Bonchev–Trinajstić information content (AvgIpc) is 3.09. The maximum Gasteiger partial charge on any atom is 0.263 e. The summed E-state index contributed by atoms with van der Waals surface area (Å²) in [5.74, 6) is 0.229. The molecule has 2 aliphatic heterocycles. The first kappa shape index (κ1) is 14.7. The van der Waals surface area contributed by atoms with Gasteiger partial charge < -0.3 is 9.64 Å². The van der Waals surface area contributed by atoms with Crippen molar-refractivity contribution in [3.8, 4) is 0 Å². The number of carbonyl (C=O) groups is 1. The van der Waals surface area contributed by atoms with Crippen molar-refractivity contribution in [1.29, 1.82) is 0 Å². The molecule has 2 saturated heterocycles. The molecular weight excluding hydrogens is 296 g/mol. The minimum absolute atomic E-state index is 0.229. The third kappa shape index (κ3) is 2.49. The van der Waals surface area contributed by atoms with Crippen LogP contribution in [0.15, 0.2) is 17.5 Å². The molecule has 0 N–H and O–H groups in total. The maximum absolute atomic E-state index is 12.5. The fourth-order valence-electron chi connectivity index (χ4n) is 4.44. The smallest absolute Gasteiger partial charge is 0.263 e. The molecule has 3 aliphatic rings. The van der Waals surface area contributed by atoms with Crippen LogP contribution in [0.5, 0.6) is 0 Å². The second kappa shape index (κ2) is 5.95. The average molecular weight is 320 g/mol. The summed E-state index contributed by atoms with van der Waals surface area (Å²) >= 11 is 1.55. The van der Waals surface area contributed by atoms with Gasteiger partial charge in [-0.15, -0.1) is 11.3 Å². The van der Waals surface area contributed by atoms with Gasteiger partial charge in [0.25, 0.3) is 5.91 Å². The number of piperidine rings is 1. The molecule has 1 saturated carbocycles. The van der Waals surface area contributed by atoms with Gasteiger partial charge in [0.05, 0.1) is 18.1 Å². The molecule has 4 rings (SSSR count). The summed E-state index contributed by atoms with van der Waals surface area (Å²) in [5.41, 5.74) is 0.476. The molecule has 1 aromatic heterocycles. The van der Waals surface area contributed by atoms with E-state index in [0.29, 0.717) is 5.41 Å². The van der Waals surface area contributed by atoms with Crippen LogP contribution < -0.4 is 0 Å². The highest BCUT2D eigenvalue weighted by molar-refractivity contribution is 7.12. The van der Waals surface area contributed by atoms with Gasteiger partial charge in [-0.2, -0.15) is 0 Å². The van der Waals surface area contributed by atoms with Crippen molar-refractivity contribution in [3.05, 3.63) is 22.4 Å². The summed E-state index contributed by atoms with van der Waals surface area (Å²) < 4.78 is 5.49. The van der Waals surface area contributed by atoms with Gasteiger partial charge in [-0.25, -0.2) is 0 Å². The molecule has 120 valence electrons. The molecule has 1 unspecified atom stereocenters. The third-order valence-electron chi connectivity index (χ3n) is 5.89. The van der Waals surface area contributed by atoms with Crippen LogP contribution >= 0.6 is 11.3 Å². The lowest BCUT2D eigenvalue weighted by molar-refractivity contribution is -0.0937. The van der Waals surface area contributed by atoms with Crippen molar-refractivity contribution in [3.63, 3.8) is 0 Å². The molecule has 3 fully saturated rings. The summed E-state index contributed by atoms with van der Waals surface area (Å²) in [6, 6.07) is 4.64. The van der Waals surface area contributed by atoms with Crippen molar-refractivity contribution in [2.45, 2.75) is 31.7 Å². The van der Waals surface area contributed by atoms with Gasteiger partial charge in [-0.05, 0) is 42.5 Å². The second-order valence-electron chi connectivity index (χ2n) is 6.83. The molecule has 0 bridgehead atoms. The van der Waals surface area contributed by atoms with Gasteiger partial charge in [0.1, 0.15) is 0 Å². The molecule has 1 aromatic rings. The van der Waals surface area contributed by atoms with E-state index in [1.807, 2.05) is 17.5 Å². The summed E-state index contributed by atoms with van der Waals surface area (Å²) in [6.45, 7) is 5.80. The zero-order chi connectivity index (χ0) is 15.0. The molecular formula is C17H24N2O2S. The van der Waals surface area contributed by atoms with Gasteiger partial charge in [-0.3, -0.25) is 9.69 Å². The number of rotatable bonds is 2. The first-order chi connectivity index (χ1) is 10.8. The molecule has 1 amide bonds. The molecule has 4 nitrogen and oxygen atoms in total. The first-order valence-electron chi connectivity index (χ1n) is 8.43. The SMILES string of the molecule is O=C(c1cccs1)N1CCC2(CCC2N2CCOCC2)CC1. The van der Waals surface area contributed by atoms with Crippen molar-refractivity contribution >= 4 is 17.2 Å². The molecule has 22 heavy (non-hydrogen) atoms. The number of morpholine rings is 1. The highest BCUT2D eigenvalue weighted by Crippen LogP contribution is 2.51. The maximum atomic E-state index is 12.5. The standard InChI is InChI=1S/C17H24N2O2S/c20-16(14-2-1-13-22-14)19-7-5-17(6-8-19)4-3-15(17)18-9-11-21-12-10-18/h1-2,13,15H,3-12H2. The van der Waals surface area contributed by atoms with Crippen LogP contribution in [0.3, 0.4) is 0 Å². The van der Waals surface area contributed by atoms with Crippen LogP contribution in [0.25, 0.3) is 0 Å². The highest BCUT2D eigenvalue weighted by Gasteiger charge is 2.51. The predicted molar refractivity (Wildman–Crippen MR) is 87.3 cm³/mol. The van der Waals surface area contributed by atoms with Gasteiger partial charge >= 0.3 is 0 Å². The van der Waals surface area contributed by atoms with Crippen LogP contribution in [0.2, 0.25) is 0 Å². The lowest BCUT2D eigenvalue weighted by atomic mass is 9.58.